The van der Waals surface area contributed by atoms with E-state index in [2.05, 4.69) is 4.98 Å². The number of benzene rings is 1. The monoisotopic (exact) mass is 319 g/mol. The van der Waals surface area contributed by atoms with Crippen molar-refractivity contribution in [2.24, 2.45) is 5.92 Å². The number of aromatic nitrogens is 2. The standard InChI is InChI=1S/C14H13N3O4S/c1-10-2-5-12(6-3-10)22(20,21)16-9-15-13-8-11(17(18)19)4-7-14(13)16/h2,4-10H,3H2,1H3. The number of hydrogen-bond acceptors (Lipinski definition) is 5. The molecule has 1 heterocycles. The topological polar surface area (TPSA) is 95.1 Å². The van der Waals surface area contributed by atoms with Gasteiger partial charge in [-0.25, -0.2) is 17.4 Å². The van der Waals surface area contributed by atoms with Crippen molar-refractivity contribution < 1.29 is 13.3 Å². The molecule has 2 aromatic rings. The number of rotatable bonds is 3. The van der Waals surface area contributed by atoms with E-state index in [0.717, 1.165) is 3.97 Å². The van der Waals surface area contributed by atoms with E-state index in [0.29, 0.717) is 17.9 Å². The highest BCUT2D eigenvalue weighted by Gasteiger charge is 2.23. The minimum atomic E-state index is -3.74. The van der Waals surface area contributed by atoms with Gasteiger partial charge in [0.2, 0.25) is 0 Å². The molecule has 0 fully saturated rings. The third kappa shape index (κ3) is 2.31. The fraction of sp³-hybridized carbons (Fsp3) is 0.214. The smallest absolute Gasteiger partial charge is 0.258 e. The lowest BCUT2D eigenvalue weighted by molar-refractivity contribution is -0.384. The van der Waals surface area contributed by atoms with Gasteiger partial charge in [-0.3, -0.25) is 10.1 Å². The average Bonchev–Trinajstić information content (AvgIpc) is 2.91. The molecule has 0 aliphatic heterocycles. The number of non-ortho nitro benzene ring substituents is 1. The number of hydrogen-bond donors (Lipinski definition) is 0. The van der Waals surface area contributed by atoms with Gasteiger partial charge in [0.15, 0.2) is 0 Å². The van der Waals surface area contributed by atoms with E-state index in [9.17, 15) is 18.5 Å². The summed E-state index contributed by atoms with van der Waals surface area (Å²) in [4.78, 5) is 14.4. The van der Waals surface area contributed by atoms with Crippen LogP contribution in [0.3, 0.4) is 0 Å². The Labute approximate surface area is 126 Å². The average molecular weight is 319 g/mol. The van der Waals surface area contributed by atoms with Gasteiger partial charge in [0.1, 0.15) is 6.33 Å². The van der Waals surface area contributed by atoms with Crippen LogP contribution in [0, 0.1) is 16.0 Å². The molecule has 1 aliphatic carbocycles. The van der Waals surface area contributed by atoms with E-state index < -0.39 is 14.9 Å². The number of imidazole rings is 1. The molecular formula is C14H13N3O4S. The van der Waals surface area contributed by atoms with Crippen molar-refractivity contribution in [1.29, 1.82) is 0 Å². The van der Waals surface area contributed by atoms with Crippen LogP contribution in [0.1, 0.15) is 13.3 Å². The fourth-order valence-corrected chi connectivity index (χ4v) is 3.67. The van der Waals surface area contributed by atoms with E-state index in [1.54, 1.807) is 12.2 Å². The molecule has 114 valence electrons. The quantitative estimate of drug-likeness (QED) is 0.640. The molecule has 1 aromatic carbocycles. The molecule has 0 saturated heterocycles. The largest absolute Gasteiger partial charge is 0.271 e. The van der Waals surface area contributed by atoms with Crippen LogP contribution in [0.2, 0.25) is 0 Å². The Hall–Kier alpha value is -2.48. The molecule has 7 nitrogen and oxygen atoms in total. The first-order chi connectivity index (χ1) is 10.4. The maximum Gasteiger partial charge on any atom is 0.271 e. The van der Waals surface area contributed by atoms with Crippen molar-refractivity contribution in [2.45, 2.75) is 13.3 Å². The van der Waals surface area contributed by atoms with Crippen LogP contribution < -0.4 is 0 Å². The SMILES string of the molecule is CC1C=CC(S(=O)(=O)n2cnc3cc([N+](=O)[O-])ccc32)=CC1. The molecule has 0 saturated carbocycles. The number of nitrogens with zero attached hydrogens (tertiary/aromatic N) is 3. The van der Waals surface area contributed by atoms with Crippen molar-refractivity contribution in [1.82, 2.24) is 8.96 Å². The van der Waals surface area contributed by atoms with Crippen LogP contribution >= 0.6 is 0 Å². The third-order valence-corrected chi connectivity index (χ3v) is 5.25. The molecule has 22 heavy (non-hydrogen) atoms. The first-order valence-electron chi connectivity index (χ1n) is 6.65. The predicted molar refractivity (Wildman–Crippen MR) is 81.7 cm³/mol. The second-order valence-electron chi connectivity index (χ2n) is 5.15. The highest BCUT2D eigenvalue weighted by molar-refractivity contribution is 7.94. The lowest BCUT2D eigenvalue weighted by atomic mass is 10.0. The predicted octanol–water partition coefficient (Wildman–Crippen LogP) is 2.60. The van der Waals surface area contributed by atoms with Gasteiger partial charge in [-0.15, -0.1) is 0 Å². The molecule has 1 aliphatic rings. The van der Waals surface area contributed by atoms with E-state index in [1.165, 1.54) is 24.5 Å². The second kappa shape index (κ2) is 5.06. The van der Waals surface area contributed by atoms with Crippen LogP contribution in [-0.2, 0) is 10.0 Å². The van der Waals surface area contributed by atoms with Gasteiger partial charge in [-0.05, 0) is 24.5 Å². The molecule has 1 aromatic heterocycles. The molecular weight excluding hydrogens is 306 g/mol. The molecule has 3 rings (SSSR count). The summed E-state index contributed by atoms with van der Waals surface area (Å²) in [7, 11) is -3.74. The van der Waals surface area contributed by atoms with Crippen molar-refractivity contribution in [3.05, 3.63) is 57.8 Å². The fourth-order valence-electron chi connectivity index (χ4n) is 2.30. The van der Waals surface area contributed by atoms with Crippen LogP contribution in [0.15, 0.2) is 47.7 Å². The Morgan fingerprint density at radius 3 is 2.82 bits per heavy atom. The van der Waals surface area contributed by atoms with E-state index in [-0.39, 0.29) is 16.1 Å². The first kappa shape index (κ1) is 14.5. The summed E-state index contributed by atoms with van der Waals surface area (Å²) in [5.41, 5.74) is 0.464. The normalized spacial score (nSPS) is 18.4. The van der Waals surface area contributed by atoms with Crippen molar-refractivity contribution in [3.63, 3.8) is 0 Å². The molecule has 8 heteroatoms. The highest BCUT2D eigenvalue weighted by atomic mass is 32.2. The summed E-state index contributed by atoms with van der Waals surface area (Å²) in [5.74, 6) is 0.307. The Balaban J connectivity index is 2.10. The first-order valence-corrected chi connectivity index (χ1v) is 8.09. The molecule has 0 N–H and O–H groups in total. The molecule has 1 atom stereocenters. The number of fused-ring (bicyclic) bond motifs is 1. The Kier molecular flexibility index (Phi) is 3.32. The number of allylic oxidation sites excluding steroid dienone is 3. The molecule has 1 unspecified atom stereocenters. The van der Waals surface area contributed by atoms with Gasteiger partial charge < -0.3 is 0 Å². The summed E-state index contributed by atoms with van der Waals surface area (Å²) in [6.45, 7) is 2.00. The summed E-state index contributed by atoms with van der Waals surface area (Å²) < 4.78 is 26.4. The van der Waals surface area contributed by atoms with Crippen molar-refractivity contribution >= 4 is 26.7 Å². The molecule has 0 radical (unpaired) electrons. The van der Waals surface area contributed by atoms with Gasteiger partial charge in [0, 0.05) is 12.1 Å². The molecule has 0 amide bonds. The zero-order chi connectivity index (χ0) is 15.9. The summed E-state index contributed by atoms with van der Waals surface area (Å²) in [6.07, 6.45) is 6.94. The summed E-state index contributed by atoms with van der Waals surface area (Å²) in [5, 5.41) is 10.8. The Bertz CT molecular complexity index is 925. The van der Waals surface area contributed by atoms with Crippen molar-refractivity contribution in [3.8, 4) is 0 Å². The summed E-state index contributed by atoms with van der Waals surface area (Å²) in [6, 6.07) is 3.92. The second-order valence-corrected chi connectivity index (χ2v) is 6.97. The third-order valence-electron chi connectivity index (χ3n) is 3.55. The molecule has 0 spiro atoms. The van der Waals surface area contributed by atoms with Gasteiger partial charge in [0.25, 0.3) is 15.7 Å². The summed E-state index contributed by atoms with van der Waals surface area (Å²) >= 11 is 0. The Morgan fingerprint density at radius 1 is 1.41 bits per heavy atom. The lowest BCUT2D eigenvalue weighted by Gasteiger charge is -2.13. The van der Waals surface area contributed by atoms with Crippen molar-refractivity contribution in [2.75, 3.05) is 0 Å². The number of nitro groups is 1. The van der Waals surface area contributed by atoms with Gasteiger partial charge in [-0.2, -0.15) is 0 Å². The van der Waals surface area contributed by atoms with Gasteiger partial charge in [0.05, 0.1) is 20.9 Å². The van der Waals surface area contributed by atoms with E-state index in [1.807, 2.05) is 13.0 Å². The van der Waals surface area contributed by atoms with Crippen LogP contribution in [0.4, 0.5) is 5.69 Å². The highest BCUT2D eigenvalue weighted by Crippen LogP contribution is 2.26. The Morgan fingerprint density at radius 2 is 2.18 bits per heavy atom. The zero-order valence-corrected chi connectivity index (χ0v) is 12.5. The van der Waals surface area contributed by atoms with Gasteiger partial charge >= 0.3 is 0 Å². The van der Waals surface area contributed by atoms with Crippen LogP contribution in [0.25, 0.3) is 11.0 Å². The molecule has 0 bridgehead atoms. The maximum absolute atomic E-state index is 12.7. The van der Waals surface area contributed by atoms with E-state index >= 15 is 0 Å². The number of nitro benzene ring substituents is 1. The maximum atomic E-state index is 12.7. The zero-order valence-electron chi connectivity index (χ0n) is 11.7. The van der Waals surface area contributed by atoms with Crippen LogP contribution in [-0.4, -0.2) is 22.3 Å². The van der Waals surface area contributed by atoms with Gasteiger partial charge in [-0.1, -0.05) is 19.1 Å². The van der Waals surface area contributed by atoms with Crippen LogP contribution in [0.5, 0.6) is 0 Å². The minimum Gasteiger partial charge on any atom is -0.258 e. The minimum absolute atomic E-state index is 0.124. The van der Waals surface area contributed by atoms with E-state index in [4.69, 9.17) is 0 Å². The lowest BCUT2D eigenvalue weighted by Crippen LogP contribution is -2.14.